The summed E-state index contributed by atoms with van der Waals surface area (Å²) in [5.74, 6) is -2.11. The summed E-state index contributed by atoms with van der Waals surface area (Å²) in [5, 5.41) is 6.91. The zero-order valence-electron chi connectivity index (χ0n) is 13.6. The lowest BCUT2D eigenvalue weighted by Crippen LogP contribution is -2.26. The molecular weight excluding hydrogens is 324 g/mol. The van der Waals surface area contributed by atoms with Crippen molar-refractivity contribution in [3.05, 3.63) is 89.2 Å². The van der Waals surface area contributed by atoms with Gasteiger partial charge in [-0.2, -0.15) is 5.10 Å². The molecule has 1 unspecified atom stereocenters. The van der Waals surface area contributed by atoms with Gasteiger partial charge in [0.05, 0.1) is 12.6 Å². The summed E-state index contributed by atoms with van der Waals surface area (Å²) in [4.78, 5) is 12.3. The van der Waals surface area contributed by atoms with Crippen molar-refractivity contribution in [2.24, 2.45) is 0 Å². The number of hydrogen-bond acceptors (Lipinski definition) is 2. The topological polar surface area (TPSA) is 46.9 Å². The lowest BCUT2D eigenvalue weighted by molar-refractivity contribution is 0.0940. The maximum absolute atomic E-state index is 13.3. The lowest BCUT2D eigenvalue weighted by Gasteiger charge is -2.15. The van der Waals surface area contributed by atoms with E-state index in [-0.39, 0.29) is 5.91 Å². The number of amides is 1. The Morgan fingerprint density at radius 2 is 1.92 bits per heavy atom. The number of rotatable bonds is 5. The van der Waals surface area contributed by atoms with Gasteiger partial charge in [-0.05, 0) is 48.4 Å². The number of carbonyl (C=O) groups excluding carboxylic acids is 1. The molecular formula is C19H17F2N3O. The zero-order chi connectivity index (χ0) is 17.8. The first-order chi connectivity index (χ1) is 12.0. The number of carbonyl (C=O) groups is 1. The quantitative estimate of drug-likeness (QED) is 0.769. The maximum atomic E-state index is 13.3. The van der Waals surface area contributed by atoms with Gasteiger partial charge in [-0.3, -0.25) is 9.48 Å². The van der Waals surface area contributed by atoms with Crippen molar-refractivity contribution in [3.8, 4) is 0 Å². The number of benzene rings is 2. The third kappa shape index (κ3) is 4.09. The molecule has 0 aliphatic carbocycles. The summed E-state index contributed by atoms with van der Waals surface area (Å²) in [6, 6.07) is 12.2. The lowest BCUT2D eigenvalue weighted by atomic mass is 10.1. The fraction of sp³-hybridized carbons (Fsp3) is 0.158. The van der Waals surface area contributed by atoms with Crippen LogP contribution in [0.3, 0.4) is 0 Å². The van der Waals surface area contributed by atoms with Gasteiger partial charge in [-0.25, -0.2) is 8.78 Å². The Morgan fingerprint density at radius 1 is 1.16 bits per heavy atom. The average Bonchev–Trinajstić information content (AvgIpc) is 3.11. The first-order valence-electron chi connectivity index (χ1n) is 7.85. The number of aromatic nitrogens is 2. The molecule has 1 aromatic heterocycles. The molecule has 6 heteroatoms. The fourth-order valence-electron chi connectivity index (χ4n) is 2.49. The Labute approximate surface area is 144 Å². The predicted molar refractivity (Wildman–Crippen MR) is 90.0 cm³/mol. The van der Waals surface area contributed by atoms with Crippen molar-refractivity contribution in [2.45, 2.75) is 19.5 Å². The summed E-state index contributed by atoms with van der Waals surface area (Å²) in [6.07, 6.45) is 3.58. The van der Waals surface area contributed by atoms with Crippen LogP contribution >= 0.6 is 0 Å². The predicted octanol–water partition coefficient (Wildman–Crippen LogP) is 3.70. The smallest absolute Gasteiger partial charge is 0.251 e. The minimum atomic E-state index is -0.929. The van der Waals surface area contributed by atoms with Crippen molar-refractivity contribution >= 4 is 5.91 Å². The van der Waals surface area contributed by atoms with E-state index >= 15 is 0 Å². The molecule has 0 saturated heterocycles. The molecule has 0 bridgehead atoms. The summed E-state index contributed by atoms with van der Waals surface area (Å²) in [7, 11) is 0. The van der Waals surface area contributed by atoms with Gasteiger partial charge in [0.25, 0.3) is 5.91 Å². The number of hydrogen-bond donors (Lipinski definition) is 1. The summed E-state index contributed by atoms with van der Waals surface area (Å²) < 4.78 is 28.1. The zero-order valence-corrected chi connectivity index (χ0v) is 13.6. The highest BCUT2D eigenvalue weighted by molar-refractivity contribution is 5.94. The molecule has 0 aliphatic rings. The van der Waals surface area contributed by atoms with E-state index in [4.69, 9.17) is 0 Å². The number of nitrogens with one attached hydrogen (secondary N) is 1. The Kier molecular flexibility index (Phi) is 4.88. The summed E-state index contributed by atoms with van der Waals surface area (Å²) >= 11 is 0. The molecule has 25 heavy (non-hydrogen) atoms. The van der Waals surface area contributed by atoms with Crippen LogP contribution in [0.4, 0.5) is 8.78 Å². The minimum absolute atomic E-state index is 0.275. The Balaban J connectivity index is 1.65. The van der Waals surface area contributed by atoms with E-state index in [0.29, 0.717) is 17.7 Å². The summed E-state index contributed by atoms with van der Waals surface area (Å²) in [6.45, 7) is 2.34. The van der Waals surface area contributed by atoms with Gasteiger partial charge >= 0.3 is 0 Å². The first-order valence-corrected chi connectivity index (χ1v) is 7.85. The third-order valence-corrected chi connectivity index (χ3v) is 3.91. The van der Waals surface area contributed by atoms with Crippen LogP contribution in [0.1, 0.15) is 34.5 Å². The SMILES string of the molecule is CC(NC(=O)c1ccc(Cn2cccn2)cc1)c1ccc(F)c(F)c1. The highest BCUT2D eigenvalue weighted by Crippen LogP contribution is 2.17. The van der Waals surface area contributed by atoms with E-state index in [1.54, 1.807) is 29.9 Å². The maximum Gasteiger partial charge on any atom is 0.251 e. The van der Waals surface area contributed by atoms with Crippen molar-refractivity contribution in [3.63, 3.8) is 0 Å². The van der Waals surface area contributed by atoms with Crippen molar-refractivity contribution in [2.75, 3.05) is 0 Å². The van der Waals surface area contributed by atoms with Crippen LogP contribution in [0, 0.1) is 11.6 Å². The largest absolute Gasteiger partial charge is 0.346 e. The molecule has 0 radical (unpaired) electrons. The van der Waals surface area contributed by atoms with E-state index in [1.807, 2.05) is 24.4 Å². The van der Waals surface area contributed by atoms with Gasteiger partial charge in [0.15, 0.2) is 11.6 Å². The van der Waals surface area contributed by atoms with Crippen LogP contribution in [0.5, 0.6) is 0 Å². The van der Waals surface area contributed by atoms with Gasteiger partial charge < -0.3 is 5.32 Å². The summed E-state index contributed by atoms with van der Waals surface area (Å²) in [5.41, 5.74) is 2.02. The molecule has 2 aromatic carbocycles. The van der Waals surface area contributed by atoms with E-state index in [9.17, 15) is 13.6 Å². The van der Waals surface area contributed by atoms with E-state index in [0.717, 1.165) is 17.7 Å². The second kappa shape index (κ2) is 7.25. The van der Waals surface area contributed by atoms with Crippen LogP contribution in [0.25, 0.3) is 0 Å². The highest BCUT2D eigenvalue weighted by atomic mass is 19.2. The van der Waals surface area contributed by atoms with Crippen LogP contribution in [0.2, 0.25) is 0 Å². The second-order valence-corrected chi connectivity index (χ2v) is 5.77. The second-order valence-electron chi connectivity index (χ2n) is 5.77. The van der Waals surface area contributed by atoms with E-state index < -0.39 is 17.7 Å². The molecule has 3 aromatic rings. The Morgan fingerprint density at radius 3 is 2.56 bits per heavy atom. The van der Waals surface area contributed by atoms with Crippen LogP contribution < -0.4 is 5.32 Å². The van der Waals surface area contributed by atoms with Gasteiger partial charge in [0, 0.05) is 18.0 Å². The molecule has 1 N–H and O–H groups in total. The van der Waals surface area contributed by atoms with Gasteiger partial charge in [-0.1, -0.05) is 18.2 Å². The standard InChI is InChI=1S/C19H17F2N3O/c1-13(16-7-8-17(20)18(21)11-16)23-19(25)15-5-3-14(4-6-15)12-24-10-2-9-22-24/h2-11,13H,12H2,1H3,(H,23,25). The monoisotopic (exact) mass is 341 g/mol. The van der Waals surface area contributed by atoms with E-state index in [1.165, 1.54) is 6.07 Å². The first kappa shape index (κ1) is 16.8. The molecule has 0 saturated carbocycles. The molecule has 4 nitrogen and oxygen atoms in total. The molecule has 128 valence electrons. The molecule has 1 heterocycles. The molecule has 3 rings (SSSR count). The van der Waals surface area contributed by atoms with Crippen LogP contribution in [0.15, 0.2) is 60.9 Å². The van der Waals surface area contributed by atoms with Gasteiger partial charge in [0.1, 0.15) is 0 Å². The number of halogens is 2. The molecule has 0 fully saturated rings. The van der Waals surface area contributed by atoms with Gasteiger partial charge in [0.2, 0.25) is 0 Å². The van der Waals surface area contributed by atoms with Crippen LogP contribution in [-0.2, 0) is 6.54 Å². The van der Waals surface area contributed by atoms with Crippen molar-refractivity contribution in [1.82, 2.24) is 15.1 Å². The highest BCUT2D eigenvalue weighted by Gasteiger charge is 2.13. The Bertz CT molecular complexity index is 861. The molecule has 0 aliphatic heterocycles. The van der Waals surface area contributed by atoms with E-state index in [2.05, 4.69) is 10.4 Å². The van der Waals surface area contributed by atoms with Crippen molar-refractivity contribution < 1.29 is 13.6 Å². The van der Waals surface area contributed by atoms with Crippen LogP contribution in [-0.4, -0.2) is 15.7 Å². The minimum Gasteiger partial charge on any atom is -0.346 e. The average molecular weight is 341 g/mol. The number of nitrogens with zero attached hydrogens (tertiary/aromatic N) is 2. The molecule has 0 spiro atoms. The normalized spacial score (nSPS) is 12.0. The Hall–Kier alpha value is -3.02. The fourth-order valence-corrected chi connectivity index (χ4v) is 2.49. The molecule has 1 atom stereocenters. The van der Waals surface area contributed by atoms with Gasteiger partial charge in [-0.15, -0.1) is 0 Å². The van der Waals surface area contributed by atoms with Crippen molar-refractivity contribution in [1.29, 1.82) is 0 Å². The third-order valence-electron chi connectivity index (χ3n) is 3.91. The molecule has 1 amide bonds.